The molecule has 1 N–H and O–H groups in total. The molecule has 4 rings (SSSR count). The summed E-state index contributed by atoms with van der Waals surface area (Å²) in [7, 11) is 1.85. The smallest absolute Gasteiger partial charge is 0.293 e. The number of nitrogens with zero attached hydrogens (tertiary/aromatic N) is 5. The van der Waals surface area contributed by atoms with Crippen molar-refractivity contribution in [1.29, 1.82) is 0 Å². The Balaban J connectivity index is 1.72. The summed E-state index contributed by atoms with van der Waals surface area (Å²) >= 11 is 1.93. The van der Waals surface area contributed by atoms with Crippen LogP contribution in [0.25, 0.3) is 11.0 Å². The minimum Gasteiger partial charge on any atom is -0.354 e. The van der Waals surface area contributed by atoms with Gasteiger partial charge in [0.1, 0.15) is 5.82 Å². The molecule has 1 amide bonds. The Morgan fingerprint density at radius 1 is 1.16 bits per heavy atom. The van der Waals surface area contributed by atoms with Crippen molar-refractivity contribution in [3.8, 4) is 0 Å². The molecule has 25 heavy (non-hydrogen) atoms. The monoisotopic (exact) mass is 354 g/mol. The first kappa shape index (κ1) is 15.9. The van der Waals surface area contributed by atoms with E-state index in [4.69, 9.17) is 0 Å². The molecule has 1 aliphatic heterocycles. The van der Waals surface area contributed by atoms with Crippen LogP contribution >= 0.6 is 11.8 Å². The third-order valence-electron chi connectivity index (χ3n) is 4.02. The van der Waals surface area contributed by atoms with E-state index in [1.807, 2.05) is 55.3 Å². The molecule has 0 saturated carbocycles. The van der Waals surface area contributed by atoms with Crippen LogP contribution < -0.4 is 10.2 Å². The topological polar surface area (TPSA) is 75.9 Å². The Hall–Kier alpha value is -2.61. The number of aryl methyl sites for hydroxylation is 1. The molecule has 0 bridgehead atoms. The minimum atomic E-state index is -0.327. The maximum atomic E-state index is 12.6. The molecule has 7 nitrogen and oxygen atoms in total. The zero-order valence-electron chi connectivity index (χ0n) is 13.8. The number of hydrogen-bond acceptors (Lipinski definition) is 6. The summed E-state index contributed by atoms with van der Waals surface area (Å²) in [5, 5.41) is 8.09. The molecule has 0 radical (unpaired) electrons. The van der Waals surface area contributed by atoms with Gasteiger partial charge in [0.2, 0.25) is 5.82 Å². The van der Waals surface area contributed by atoms with Gasteiger partial charge in [-0.3, -0.25) is 9.48 Å². The Bertz CT molecular complexity index is 904. The number of thioether (sulfide) groups is 1. The Morgan fingerprint density at radius 2 is 1.92 bits per heavy atom. The summed E-state index contributed by atoms with van der Waals surface area (Å²) in [5.41, 5.74) is 1.26. The van der Waals surface area contributed by atoms with E-state index < -0.39 is 0 Å². The van der Waals surface area contributed by atoms with E-state index in [-0.39, 0.29) is 11.7 Å². The number of nitrogens with one attached hydrogen (secondary N) is 1. The van der Waals surface area contributed by atoms with Gasteiger partial charge in [0, 0.05) is 43.5 Å². The molecule has 1 fully saturated rings. The van der Waals surface area contributed by atoms with E-state index in [0.29, 0.717) is 11.3 Å². The van der Waals surface area contributed by atoms with Crippen LogP contribution in [-0.2, 0) is 7.05 Å². The predicted molar refractivity (Wildman–Crippen MR) is 100 cm³/mol. The summed E-state index contributed by atoms with van der Waals surface area (Å²) in [6.45, 7) is 1.82. The second-order valence-corrected chi connectivity index (χ2v) is 7.06. The molecule has 2 aromatic heterocycles. The lowest BCUT2D eigenvalue weighted by Crippen LogP contribution is -2.33. The van der Waals surface area contributed by atoms with Gasteiger partial charge in [0.15, 0.2) is 5.65 Å². The Kier molecular flexibility index (Phi) is 4.27. The molecule has 0 atom stereocenters. The minimum absolute atomic E-state index is 0.142. The number of carbonyl (C=O) groups is 1. The second-order valence-electron chi connectivity index (χ2n) is 5.83. The summed E-state index contributed by atoms with van der Waals surface area (Å²) in [5.74, 6) is 2.71. The fourth-order valence-corrected chi connectivity index (χ4v) is 3.73. The highest BCUT2D eigenvalue weighted by atomic mass is 32.2. The van der Waals surface area contributed by atoms with Crippen LogP contribution in [0.15, 0.2) is 36.5 Å². The van der Waals surface area contributed by atoms with Gasteiger partial charge in [-0.1, -0.05) is 18.2 Å². The quantitative estimate of drug-likeness (QED) is 0.777. The average Bonchev–Trinajstić information content (AvgIpc) is 3.02. The number of rotatable bonds is 3. The van der Waals surface area contributed by atoms with Gasteiger partial charge < -0.3 is 10.2 Å². The first-order valence-electron chi connectivity index (χ1n) is 8.11. The van der Waals surface area contributed by atoms with Crippen molar-refractivity contribution in [3.05, 3.63) is 42.4 Å². The number of aromatic nitrogens is 4. The number of hydrogen-bond donors (Lipinski definition) is 1. The number of benzene rings is 1. The lowest BCUT2D eigenvalue weighted by Gasteiger charge is -2.27. The molecule has 3 heterocycles. The maximum absolute atomic E-state index is 12.6. The molecule has 0 aliphatic carbocycles. The van der Waals surface area contributed by atoms with Crippen molar-refractivity contribution in [3.63, 3.8) is 0 Å². The maximum Gasteiger partial charge on any atom is 0.293 e. The SMILES string of the molecule is Cn1cc2c(N3CCSCC3)nc(C(=O)Nc3ccccc3)nc2n1. The first-order chi connectivity index (χ1) is 12.2. The predicted octanol–water partition coefficient (Wildman–Crippen LogP) is 2.17. The van der Waals surface area contributed by atoms with E-state index >= 15 is 0 Å². The molecule has 0 unspecified atom stereocenters. The summed E-state index contributed by atoms with van der Waals surface area (Å²) < 4.78 is 1.71. The van der Waals surface area contributed by atoms with Crippen LogP contribution in [0.2, 0.25) is 0 Å². The van der Waals surface area contributed by atoms with Crippen molar-refractivity contribution < 1.29 is 4.79 Å². The van der Waals surface area contributed by atoms with Gasteiger partial charge in [-0.2, -0.15) is 16.9 Å². The zero-order valence-corrected chi connectivity index (χ0v) is 14.7. The number of fused-ring (bicyclic) bond motifs is 1. The van der Waals surface area contributed by atoms with Gasteiger partial charge in [0.25, 0.3) is 5.91 Å². The van der Waals surface area contributed by atoms with E-state index in [1.54, 1.807) is 4.68 Å². The van der Waals surface area contributed by atoms with Crippen molar-refractivity contribution in [2.24, 2.45) is 7.05 Å². The Morgan fingerprint density at radius 3 is 2.68 bits per heavy atom. The molecule has 1 saturated heterocycles. The van der Waals surface area contributed by atoms with Gasteiger partial charge >= 0.3 is 0 Å². The second kappa shape index (κ2) is 6.72. The molecule has 0 spiro atoms. The average molecular weight is 354 g/mol. The normalized spacial score (nSPS) is 14.7. The highest BCUT2D eigenvalue weighted by Gasteiger charge is 2.21. The van der Waals surface area contributed by atoms with Gasteiger partial charge in [-0.25, -0.2) is 9.97 Å². The van der Waals surface area contributed by atoms with E-state index in [9.17, 15) is 4.79 Å². The Labute approximate surface area is 149 Å². The van der Waals surface area contributed by atoms with Crippen molar-refractivity contribution in [1.82, 2.24) is 19.7 Å². The summed E-state index contributed by atoms with van der Waals surface area (Å²) in [6, 6.07) is 9.31. The first-order valence-corrected chi connectivity index (χ1v) is 9.27. The van der Waals surface area contributed by atoms with Gasteiger partial charge in [-0.05, 0) is 12.1 Å². The number of anilines is 2. The van der Waals surface area contributed by atoms with Crippen molar-refractivity contribution >= 4 is 40.2 Å². The number of carbonyl (C=O) groups excluding carboxylic acids is 1. The van der Waals surface area contributed by atoms with Crippen LogP contribution in [0.5, 0.6) is 0 Å². The molecule has 8 heteroatoms. The van der Waals surface area contributed by atoms with Crippen LogP contribution in [0, 0.1) is 0 Å². The summed E-state index contributed by atoms with van der Waals surface area (Å²) in [6.07, 6.45) is 1.91. The standard InChI is InChI=1S/C17H18N6OS/c1-22-11-13-14(21-22)19-15(17(24)18-12-5-3-2-4-6-12)20-16(13)23-7-9-25-10-8-23/h2-6,11H,7-10H2,1H3,(H,18,24). The molecule has 1 aliphatic rings. The molecule has 3 aromatic rings. The highest BCUT2D eigenvalue weighted by Crippen LogP contribution is 2.25. The van der Waals surface area contributed by atoms with Crippen LogP contribution in [-0.4, -0.2) is 50.3 Å². The van der Waals surface area contributed by atoms with Crippen LogP contribution in [0.1, 0.15) is 10.6 Å². The van der Waals surface area contributed by atoms with Crippen molar-refractivity contribution in [2.75, 3.05) is 34.8 Å². The molecular weight excluding hydrogens is 336 g/mol. The third kappa shape index (κ3) is 3.30. The van der Waals surface area contributed by atoms with Crippen LogP contribution in [0.4, 0.5) is 11.5 Å². The van der Waals surface area contributed by atoms with E-state index in [2.05, 4.69) is 25.3 Å². The molecule has 128 valence electrons. The van der Waals surface area contributed by atoms with E-state index in [1.165, 1.54) is 0 Å². The fourth-order valence-electron chi connectivity index (χ4n) is 2.83. The largest absolute Gasteiger partial charge is 0.354 e. The van der Waals surface area contributed by atoms with E-state index in [0.717, 1.165) is 35.8 Å². The molecule has 1 aromatic carbocycles. The van der Waals surface area contributed by atoms with Gasteiger partial charge in [0.05, 0.1) is 5.39 Å². The zero-order chi connectivity index (χ0) is 17.2. The van der Waals surface area contributed by atoms with Crippen molar-refractivity contribution in [2.45, 2.75) is 0 Å². The third-order valence-corrected chi connectivity index (χ3v) is 4.96. The highest BCUT2D eigenvalue weighted by molar-refractivity contribution is 7.99. The lowest BCUT2D eigenvalue weighted by molar-refractivity contribution is 0.101. The van der Waals surface area contributed by atoms with Crippen LogP contribution in [0.3, 0.4) is 0 Å². The lowest BCUT2D eigenvalue weighted by atomic mass is 10.3. The molecular formula is C17H18N6OS. The van der Waals surface area contributed by atoms with Gasteiger partial charge in [-0.15, -0.1) is 0 Å². The summed E-state index contributed by atoms with van der Waals surface area (Å²) in [4.78, 5) is 23.8. The number of amides is 1. The fraction of sp³-hybridized carbons (Fsp3) is 0.294. The number of para-hydroxylation sites is 1.